The number of benzene rings is 3. The fourth-order valence-electron chi connectivity index (χ4n) is 4.20. The Morgan fingerprint density at radius 1 is 1.00 bits per heavy atom. The van der Waals surface area contributed by atoms with Gasteiger partial charge in [-0.25, -0.2) is 0 Å². The van der Waals surface area contributed by atoms with Crippen molar-refractivity contribution in [1.82, 2.24) is 15.6 Å². The molecule has 36 heavy (non-hydrogen) atoms. The van der Waals surface area contributed by atoms with Gasteiger partial charge >= 0.3 is 0 Å². The van der Waals surface area contributed by atoms with Crippen LogP contribution in [0.15, 0.2) is 72.9 Å². The van der Waals surface area contributed by atoms with E-state index < -0.39 is 6.04 Å². The average Bonchev–Trinajstić information content (AvgIpc) is 3.33. The van der Waals surface area contributed by atoms with Crippen molar-refractivity contribution in [3.05, 3.63) is 89.6 Å². The molecule has 0 aliphatic carbocycles. The van der Waals surface area contributed by atoms with E-state index in [2.05, 4.69) is 15.6 Å². The highest BCUT2D eigenvalue weighted by Gasteiger charge is 2.20. The topological polar surface area (TPSA) is 103 Å². The number of rotatable bonds is 10. The van der Waals surface area contributed by atoms with Gasteiger partial charge in [0.15, 0.2) is 0 Å². The van der Waals surface area contributed by atoms with Crippen molar-refractivity contribution in [3.8, 4) is 16.9 Å². The lowest BCUT2D eigenvalue weighted by Gasteiger charge is -2.18. The quantitative estimate of drug-likeness (QED) is 0.269. The van der Waals surface area contributed by atoms with Crippen LogP contribution in [-0.2, 0) is 6.42 Å². The number of amides is 2. The molecule has 0 saturated heterocycles. The van der Waals surface area contributed by atoms with Crippen molar-refractivity contribution in [1.29, 1.82) is 0 Å². The number of ether oxygens (including phenoxy) is 1. The molecule has 186 valence electrons. The van der Waals surface area contributed by atoms with Gasteiger partial charge < -0.3 is 25.5 Å². The second kappa shape index (κ2) is 11.6. The molecule has 1 aromatic heterocycles. The van der Waals surface area contributed by atoms with Gasteiger partial charge in [0.05, 0.1) is 24.8 Å². The first-order valence-electron chi connectivity index (χ1n) is 12.1. The van der Waals surface area contributed by atoms with Crippen LogP contribution in [0.4, 0.5) is 0 Å². The standard InChI is InChI=1S/C29H31N3O4/c1-3-13-36-27-12-11-20(19-7-6-8-21(14-19)28(34)30-2)16-25(27)29(35)32-23(18-33)15-22-17-31-26-10-5-4-9-24(22)26/h4-12,14,16-17,23,31,33H,3,13,15,18H2,1-2H3,(H,30,34)(H,32,35)/t23-/m1/s1. The minimum Gasteiger partial charge on any atom is -0.493 e. The molecule has 4 rings (SSSR count). The molecule has 3 aromatic carbocycles. The molecule has 0 saturated carbocycles. The predicted octanol–water partition coefficient (Wildman–Crippen LogP) is 4.32. The molecule has 0 aliphatic rings. The highest BCUT2D eigenvalue weighted by molar-refractivity contribution is 5.99. The maximum atomic E-state index is 13.4. The first-order chi connectivity index (χ1) is 17.5. The van der Waals surface area contributed by atoms with Gasteiger partial charge in [-0.1, -0.05) is 43.3 Å². The number of para-hydroxylation sites is 1. The Balaban J connectivity index is 1.61. The minimum atomic E-state index is -0.476. The van der Waals surface area contributed by atoms with E-state index >= 15 is 0 Å². The lowest BCUT2D eigenvalue weighted by atomic mass is 9.99. The number of hydrogen-bond donors (Lipinski definition) is 4. The van der Waals surface area contributed by atoms with E-state index in [9.17, 15) is 14.7 Å². The van der Waals surface area contributed by atoms with Crippen LogP contribution in [0.1, 0.15) is 39.6 Å². The largest absolute Gasteiger partial charge is 0.493 e. The Labute approximate surface area is 210 Å². The summed E-state index contributed by atoms with van der Waals surface area (Å²) in [4.78, 5) is 28.7. The summed E-state index contributed by atoms with van der Waals surface area (Å²) in [5.74, 6) is -0.0329. The highest BCUT2D eigenvalue weighted by Crippen LogP contribution is 2.28. The Hall–Kier alpha value is -4.10. The van der Waals surface area contributed by atoms with E-state index in [1.54, 1.807) is 31.3 Å². The number of aromatic nitrogens is 1. The minimum absolute atomic E-state index is 0.180. The summed E-state index contributed by atoms with van der Waals surface area (Å²) in [6.45, 7) is 2.27. The molecule has 2 amide bonds. The summed E-state index contributed by atoms with van der Waals surface area (Å²) in [6, 6.07) is 20.1. The van der Waals surface area contributed by atoms with Crippen LogP contribution in [0.5, 0.6) is 5.75 Å². The second-order valence-corrected chi connectivity index (χ2v) is 8.64. The number of aliphatic hydroxyl groups is 1. The van der Waals surface area contributed by atoms with Crippen LogP contribution in [0, 0.1) is 0 Å². The summed E-state index contributed by atoms with van der Waals surface area (Å²) in [7, 11) is 1.59. The molecule has 0 spiro atoms. The fraction of sp³-hybridized carbons (Fsp3) is 0.241. The number of aromatic amines is 1. The molecule has 0 aliphatic heterocycles. The first-order valence-corrected chi connectivity index (χ1v) is 12.1. The van der Waals surface area contributed by atoms with Gasteiger partial charge in [-0.15, -0.1) is 0 Å². The summed E-state index contributed by atoms with van der Waals surface area (Å²) in [5, 5.41) is 16.7. The van der Waals surface area contributed by atoms with Crippen LogP contribution in [0.3, 0.4) is 0 Å². The Kier molecular flexibility index (Phi) is 8.02. The molecule has 7 heteroatoms. The van der Waals surface area contributed by atoms with Crippen LogP contribution in [0.25, 0.3) is 22.0 Å². The zero-order chi connectivity index (χ0) is 25.5. The predicted molar refractivity (Wildman–Crippen MR) is 141 cm³/mol. The summed E-state index contributed by atoms with van der Waals surface area (Å²) in [5.41, 5.74) is 4.54. The molecule has 1 heterocycles. The third kappa shape index (κ3) is 5.58. The lowest BCUT2D eigenvalue weighted by Crippen LogP contribution is -2.39. The Morgan fingerprint density at radius 3 is 2.58 bits per heavy atom. The maximum absolute atomic E-state index is 13.4. The third-order valence-corrected chi connectivity index (χ3v) is 6.07. The van der Waals surface area contributed by atoms with Gasteiger partial charge in [0.2, 0.25) is 0 Å². The molecule has 0 fully saturated rings. The fourth-order valence-corrected chi connectivity index (χ4v) is 4.20. The summed E-state index contributed by atoms with van der Waals surface area (Å²) >= 11 is 0. The van der Waals surface area contributed by atoms with Crippen molar-refractivity contribution in [2.45, 2.75) is 25.8 Å². The van der Waals surface area contributed by atoms with E-state index in [4.69, 9.17) is 4.74 Å². The van der Waals surface area contributed by atoms with E-state index in [0.29, 0.717) is 29.9 Å². The molecule has 1 atom stereocenters. The van der Waals surface area contributed by atoms with Gasteiger partial charge in [-0.3, -0.25) is 9.59 Å². The number of fused-ring (bicyclic) bond motifs is 1. The molecule has 4 aromatic rings. The smallest absolute Gasteiger partial charge is 0.255 e. The average molecular weight is 486 g/mol. The van der Waals surface area contributed by atoms with Gasteiger partial charge in [0.25, 0.3) is 11.8 Å². The van der Waals surface area contributed by atoms with Crippen molar-refractivity contribution >= 4 is 22.7 Å². The van der Waals surface area contributed by atoms with E-state index in [-0.39, 0.29) is 18.4 Å². The van der Waals surface area contributed by atoms with Crippen molar-refractivity contribution < 1.29 is 19.4 Å². The zero-order valence-corrected chi connectivity index (χ0v) is 20.5. The number of nitrogens with one attached hydrogen (secondary N) is 3. The monoisotopic (exact) mass is 485 g/mol. The number of carbonyl (C=O) groups excluding carboxylic acids is 2. The summed E-state index contributed by atoms with van der Waals surface area (Å²) < 4.78 is 5.86. The van der Waals surface area contributed by atoms with Crippen molar-refractivity contribution in [2.75, 3.05) is 20.3 Å². The number of aliphatic hydroxyl groups excluding tert-OH is 1. The van der Waals surface area contributed by atoms with Gasteiger partial charge in [-0.2, -0.15) is 0 Å². The van der Waals surface area contributed by atoms with Crippen LogP contribution < -0.4 is 15.4 Å². The zero-order valence-electron chi connectivity index (χ0n) is 20.5. The van der Waals surface area contributed by atoms with Crippen molar-refractivity contribution in [3.63, 3.8) is 0 Å². The number of H-pyrrole nitrogens is 1. The summed E-state index contributed by atoms with van der Waals surface area (Å²) in [6.07, 6.45) is 3.19. The molecular formula is C29H31N3O4. The molecule has 4 N–H and O–H groups in total. The number of hydrogen-bond acceptors (Lipinski definition) is 4. The Bertz CT molecular complexity index is 1360. The van der Waals surface area contributed by atoms with Gasteiger partial charge in [0, 0.05) is 29.7 Å². The molecule has 0 radical (unpaired) electrons. The normalized spacial score (nSPS) is 11.8. The van der Waals surface area contributed by atoms with Gasteiger partial charge in [0.1, 0.15) is 5.75 Å². The van der Waals surface area contributed by atoms with Crippen LogP contribution >= 0.6 is 0 Å². The molecular weight excluding hydrogens is 454 g/mol. The second-order valence-electron chi connectivity index (χ2n) is 8.64. The van der Waals surface area contributed by atoms with Crippen LogP contribution in [-0.4, -0.2) is 48.2 Å². The van der Waals surface area contributed by atoms with Gasteiger partial charge in [-0.05, 0) is 59.9 Å². The molecule has 0 bridgehead atoms. The maximum Gasteiger partial charge on any atom is 0.255 e. The third-order valence-electron chi connectivity index (χ3n) is 6.07. The van der Waals surface area contributed by atoms with Crippen molar-refractivity contribution in [2.24, 2.45) is 0 Å². The SMILES string of the molecule is CCCOc1ccc(-c2cccc(C(=O)NC)c2)cc1C(=O)N[C@@H](CO)Cc1c[nH]c2ccccc12. The number of carbonyl (C=O) groups is 2. The first kappa shape index (κ1) is 25.0. The molecule has 7 nitrogen and oxygen atoms in total. The lowest BCUT2D eigenvalue weighted by molar-refractivity contribution is 0.0911. The van der Waals surface area contributed by atoms with E-state index in [0.717, 1.165) is 34.0 Å². The highest BCUT2D eigenvalue weighted by atomic mass is 16.5. The van der Waals surface area contributed by atoms with E-state index in [1.165, 1.54) is 0 Å². The molecule has 0 unspecified atom stereocenters. The Morgan fingerprint density at radius 2 is 1.81 bits per heavy atom. The van der Waals surface area contributed by atoms with Crippen LogP contribution in [0.2, 0.25) is 0 Å². The van der Waals surface area contributed by atoms with E-state index in [1.807, 2.05) is 55.6 Å².